The normalized spacial score (nSPS) is 9.94. The first-order chi connectivity index (χ1) is 7.49. The third kappa shape index (κ3) is 2.16. The highest BCUT2D eigenvalue weighted by molar-refractivity contribution is 5.60. The lowest BCUT2D eigenvalue weighted by atomic mass is 10.1. The molecule has 0 N–H and O–H groups in total. The molecule has 0 saturated heterocycles. The van der Waals surface area contributed by atoms with Gasteiger partial charge in [-0.15, -0.1) is 0 Å². The van der Waals surface area contributed by atoms with Gasteiger partial charge in [-0.2, -0.15) is 4.39 Å². The van der Waals surface area contributed by atoms with E-state index in [4.69, 9.17) is 4.74 Å². The molecule has 0 aliphatic carbocycles. The number of benzene rings is 1. The van der Waals surface area contributed by atoms with Gasteiger partial charge in [-0.25, -0.2) is 4.39 Å². The van der Waals surface area contributed by atoms with Gasteiger partial charge in [-0.1, -0.05) is 6.58 Å². The zero-order chi connectivity index (χ0) is 12.3. The molecule has 0 radical (unpaired) electrons. The molecule has 0 atom stereocenters. The van der Waals surface area contributed by atoms with E-state index in [1.165, 1.54) is 0 Å². The molecule has 0 heterocycles. The van der Waals surface area contributed by atoms with Crippen molar-refractivity contribution < 1.29 is 18.4 Å². The second-order valence-corrected chi connectivity index (χ2v) is 2.87. The quantitative estimate of drug-likeness (QED) is 0.453. The molecular formula is C10H9F2NO3. The Balaban J connectivity index is 3.21. The van der Waals surface area contributed by atoms with Crippen molar-refractivity contribution in [1.29, 1.82) is 0 Å². The molecule has 1 rings (SSSR count). The molecule has 1 aromatic rings. The summed E-state index contributed by atoms with van der Waals surface area (Å²) in [4.78, 5) is 9.33. The Kier molecular flexibility index (Phi) is 3.55. The average molecular weight is 229 g/mol. The molecule has 0 saturated carbocycles. The monoisotopic (exact) mass is 229 g/mol. The van der Waals surface area contributed by atoms with Crippen molar-refractivity contribution in [3.8, 4) is 0 Å². The minimum Gasteiger partial charge on any atom is -0.494 e. The van der Waals surface area contributed by atoms with Crippen molar-refractivity contribution in [3.63, 3.8) is 0 Å². The molecule has 86 valence electrons. The van der Waals surface area contributed by atoms with Crippen LogP contribution in [0.3, 0.4) is 0 Å². The number of nitro benzene ring substituents is 1. The topological polar surface area (TPSA) is 52.4 Å². The summed E-state index contributed by atoms with van der Waals surface area (Å²) in [5, 5.41) is 10.3. The first-order valence-electron chi connectivity index (χ1n) is 4.43. The van der Waals surface area contributed by atoms with Gasteiger partial charge in [-0.3, -0.25) is 10.1 Å². The lowest BCUT2D eigenvalue weighted by Crippen LogP contribution is -2.01. The fourth-order valence-corrected chi connectivity index (χ4v) is 1.15. The first kappa shape index (κ1) is 12.1. The molecule has 1 aromatic carbocycles. The number of hydrogen-bond donors (Lipinski definition) is 0. The summed E-state index contributed by atoms with van der Waals surface area (Å²) in [6.45, 7) is 5.30. The Hall–Kier alpha value is -1.98. The van der Waals surface area contributed by atoms with Gasteiger partial charge in [0, 0.05) is 6.07 Å². The highest BCUT2D eigenvalue weighted by atomic mass is 19.2. The maximum absolute atomic E-state index is 13.4. The maximum Gasteiger partial charge on any atom is 0.307 e. The minimum absolute atomic E-state index is 0.0613. The van der Waals surface area contributed by atoms with Crippen LogP contribution in [-0.2, 0) is 4.74 Å². The van der Waals surface area contributed by atoms with E-state index in [2.05, 4.69) is 6.58 Å². The van der Waals surface area contributed by atoms with E-state index >= 15 is 0 Å². The SMILES string of the molecule is C=C(OCC)c1ccc([N+](=O)[O-])c(F)c1F. The van der Waals surface area contributed by atoms with Crippen molar-refractivity contribution in [1.82, 2.24) is 0 Å². The molecule has 16 heavy (non-hydrogen) atoms. The second-order valence-electron chi connectivity index (χ2n) is 2.87. The number of halogens is 2. The van der Waals surface area contributed by atoms with Crippen LogP contribution in [0.25, 0.3) is 5.76 Å². The molecule has 0 spiro atoms. The minimum atomic E-state index is -1.51. The van der Waals surface area contributed by atoms with Crippen LogP contribution >= 0.6 is 0 Å². The number of nitro groups is 1. The van der Waals surface area contributed by atoms with E-state index in [1.54, 1.807) is 6.92 Å². The zero-order valence-electron chi connectivity index (χ0n) is 8.50. The predicted octanol–water partition coefficient (Wildman–Crippen LogP) is 2.88. The Labute approximate surface area is 90.3 Å². The Morgan fingerprint density at radius 3 is 2.62 bits per heavy atom. The smallest absolute Gasteiger partial charge is 0.307 e. The highest BCUT2D eigenvalue weighted by Crippen LogP contribution is 2.26. The summed E-state index contributed by atoms with van der Waals surface area (Å²) in [6, 6.07) is 1.94. The van der Waals surface area contributed by atoms with Gasteiger partial charge in [0.25, 0.3) is 0 Å². The van der Waals surface area contributed by atoms with E-state index in [0.29, 0.717) is 0 Å². The Bertz CT molecular complexity index is 446. The third-order valence-electron chi connectivity index (χ3n) is 1.88. The van der Waals surface area contributed by atoms with Crippen LogP contribution in [0, 0.1) is 21.7 Å². The van der Waals surface area contributed by atoms with Crippen LogP contribution in [0.2, 0.25) is 0 Å². The van der Waals surface area contributed by atoms with Crippen LogP contribution in [-0.4, -0.2) is 11.5 Å². The summed E-state index contributed by atoms with van der Waals surface area (Å²) < 4.78 is 31.5. The summed E-state index contributed by atoms with van der Waals surface area (Å²) in [5.41, 5.74) is -1.13. The lowest BCUT2D eigenvalue weighted by Gasteiger charge is -2.08. The van der Waals surface area contributed by atoms with Crippen LogP contribution < -0.4 is 0 Å². The molecule has 0 amide bonds. The molecule has 4 nitrogen and oxygen atoms in total. The maximum atomic E-state index is 13.4. The summed E-state index contributed by atoms with van der Waals surface area (Å²) in [6.07, 6.45) is 0. The van der Waals surface area contributed by atoms with E-state index in [0.717, 1.165) is 12.1 Å². The van der Waals surface area contributed by atoms with E-state index < -0.39 is 22.2 Å². The van der Waals surface area contributed by atoms with E-state index in [-0.39, 0.29) is 17.9 Å². The number of rotatable bonds is 4. The van der Waals surface area contributed by atoms with Gasteiger partial charge in [0.15, 0.2) is 5.82 Å². The highest BCUT2D eigenvalue weighted by Gasteiger charge is 2.22. The van der Waals surface area contributed by atoms with E-state index in [1.807, 2.05) is 0 Å². The van der Waals surface area contributed by atoms with Gasteiger partial charge in [-0.05, 0) is 13.0 Å². The molecule has 0 aliphatic heterocycles. The van der Waals surface area contributed by atoms with Crippen LogP contribution in [0.15, 0.2) is 18.7 Å². The van der Waals surface area contributed by atoms with Gasteiger partial charge in [0.1, 0.15) is 5.76 Å². The van der Waals surface area contributed by atoms with Crippen LogP contribution in [0.1, 0.15) is 12.5 Å². The van der Waals surface area contributed by atoms with Gasteiger partial charge < -0.3 is 4.74 Å². The fourth-order valence-electron chi connectivity index (χ4n) is 1.15. The second kappa shape index (κ2) is 4.69. The molecule has 0 bridgehead atoms. The van der Waals surface area contributed by atoms with Crippen molar-refractivity contribution in [3.05, 3.63) is 46.0 Å². The number of ether oxygens (including phenoxy) is 1. The van der Waals surface area contributed by atoms with Crippen LogP contribution in [0.5, 0.6) is 0 Å². The fraction of sp³-hybridized carbons (Fsp3) is 0.200. The zero-order valence-corrected chi connectivity index (χ0v) is 8.50. The van der Waals surface area contributed by atoms with Crippen molar-refractivity contribution in [2.75, 3.05) is 6.61 Å². The van der Waals surface area contributed by atoms with Gasteiger partial charge in [0.05, 0.1) is 17.1 Å². The summed E-state index contributed by atoms with van der Waals surface area (Å²) >= 11 is 0. The standard InChI is InChI=1S/C10H9F2NO3/c1-3-16-6(2)7-4-5-8(13(14)15)10(12)9(7)11/h4-5H,2-3H2,1H3. The molecule has 6 heteroatoms. The Morgan fingerprint density at radius 1 is 1.50 bits per heavy atom. The van der Waals surface area contributed by atoms with Crippen molar-refractivity contribution in [2.45, 2.75) is 6.92 Å². The largest absolute Gasteiger partial charge is 0.494 e. The molecule has 0 fully saturated rings. The average Bonchev–Trinajstić information content (AvgIpc) is 2.21. The van der Waals surface area contributed by atoms with Crippen molar-refractivity contribution in [2.24, 2.45) is 0 Å². The molecule has 0 aromatic heterocycles. The van der Waals surface area contributed by atoms with Gasteiger partial charge >= 0.3 is 5.69 Å². The van der Waals surface area contributed by atoms with Gasteiger partial charge in [0.2, 0.25) is 5.82 Å². The predicted molar refractivity (Wildman–Crippen MR) is 53.7 cm³/mol. The summed E-state index contributed by atoms with van der Waals surface area (Å²) in [7, 11) is 0. The molecule has 0 unspecified atom stereocenters. The summed E-state index contributed by atoms with van der Waals surface area (Å²) in [5.74, 6) is -2.90. The molecule has 0 aliphatic rings. The number of hydrogen-bond acceptors (Lipinski definition) is 3. The Morgan fingerprint density at radius 2 is 2.12 bits per heavy atom. The third-order valence-corrected chi connectivity index (χ3v) is 1.88. The lowest BCUT2D eigenvalue weighted by molar-refractivity contribution is -0.387. The van der Waals surface area contributed by atoms with Crippen LogP contribution in [0.4, 0.5) is 14.5 Å². The van der Waals surface area contributed by atoms with Crippen molar-refractivity contribution >= 4 is 11.4 Å². The first-order valence-corrected chi connectivity index (χ1v) is 4.43. The molecular weight excluding hydrogens is 220 g/mol. The number of nitrogens with zero attached hydrogens (tertiary/aromatic N) is 1. The van der Waals surface area contributed by atoms with E-state index in [9.17, 15) is 18.9 Å².